The molecule has 0 saturated heterocycles. The fraction of sp³-hybridized carbons (Fsp3) is 0.400. The first-order valence-electron chi connectivity index (χ1n) is 4.43. The molecule has 0 aliphatic heterocycles. The molecule has 4 heteroatoms. The van der Waals surface area contributed by atoms with Crippen LogP contribution in [0.1, 0.15) is 18.4 Å². The lowest BCUT2D eigenvalue weighted by molar-refractivity contribution is -0.140. The van der Waals surface area contributed by atoms with Gasteiger partial charge < -0.3 is 9.84 Å². The first-order valence-corrected chi connectivity index (χ1v) is 4.43. The van der Waals surface area contributed by atoms with Crippen molar-refractivity contribution in [2.24, 2.45) is 0 Å². The third kappa shape index (κ3) is 1.23. The highest BCUT2D eigenvalue weighted by Crippen LogP contribution is 2.48. The van der Waals surface area contributed by atoms with E-state index < -0.39 is 11.4 Å². The predicted octanol–water partition coefficient (Wildman–Crippen LogP) is 1.21. The number of pyridine rings is 1. The zero-order chi connectivity index (χ0) is 10.2. The van der Waals surface area contributed by atoms with E-state index >= 15 is 0 Å². The highest BCUT2D eigenvalue weighted by atomic mass is 16.5. The van der Waals surface area contributed by atoms with Gasteiger partial charge in [0.25, 0.3) is 0 Å². The van der Waals surface area contributed by atoms with Gasteiger partial charge in [-0.3, -0.25) is 4.79 Å². The quantitative estimate of drug-likeness (QED) is 0.783. The number of rotatable bonds is 3. The summed E-state index contributed by atoms with van der Waals surface area (Å²) >= 11 is 0. The van der Waals surface area contributed by atoms with Gasteiger partial charge in [-0.15, -0.1) is 0 Å². The Bertz CT molecular complexity index is 371. The molecule has 0 amide bonds. The van der Waals surface area contributed by atoms with Crippen molar-refractivity contribution >= 4 is 5.97 Å². The van der Waals surface area contributed by atoms with Crippen molar-refractivity contribution in [3.8, 4) is 5.88 Å². The van der Waals surface area contributed by atoms with E-state index in [0.717, 1.165) is 5.56 Å². The summed E-state index contributed by atoms with van der Waals surface area (Å²) in [6.07, 6.45) is 2.99. The molecule has 1 fully saturated rings. The lowest BCUT2D eigenvalue weighted by Gasteiger charge is -2.10. The maximum absolute atomic E-state index is 11.0. The lowest BCUT2D eigenvalue weighted by Crippen LogP contribution is -2.19. The molecule has 1 aliphatic rings. The zero-order valence-corrected chi connectivity index (χ0v) is 7.86. The molecule has 0 unspecified atom stereocenters. The number of hydrogen-bond donors (Lipinski definition) is 1. The fourth-order valence-electron chi connectivity index (χ4n) is 1.57. The van der Waals surface area contributed by atoms with Crippen LogP contribution >= 0.6 is 0 Å². The Morgan fingerprint density at radius 2 is 2.36 bits per heavy atom. The fourth-order valence-corrected chi connectivity index (χ4v) is 1.57. The standard InChI is InChI=1S/C10H11NO3/c1-14-8-6-7(2-5-11-8)10(3-4-10)9(12)13/h2,5-6H,3-4H2,1H3,(H,12,13). The number of aromatic nitrogens is 1. The van der Waals surface area contributed by atoms with Crippen molar-refractivity contribution in [3.63, 3.8) is 0 Å². The number of carboxylic acid groups (broad SMARTS) is 1. The van der Waals surface area contributed by atoms with Gasteiger partial charge in [0.05, 0.1) is 12.5 Å². The summed E-state index contributed by atoms with van der Waals surface area (Å²) in [5.41, 5.74) is 0.118. The number of nitrogens with zero attached hydrogens (tertiary/aromatic N) is 1. The van der Waals surface area contributed by atoms with Crippen LogP contribution in [0.4, 0.5) is 0 Å². The van der Waals surface area contributed by atoms with E-state index in [1.54, 1.807) is 18.3 Å². The monoisotopic (exact) mass is 193 g/mol. The predicted molar refractivity (Wildman–Crippen MR) is 49.3 cm³/mol. The molecule has 14 heavy (non-hydrogen) atoms. The maximum atomic E-state index is 11.0. The summed E-state index contributed by atoms with van der Waals surface area (Å²) < 4.78 is 4.95. The zero-order valence-electron chi connectivity index (χ0n) is 7.86. The number of aliphatic carboxylic acids is 1. The Labute approximate surface area is 81.5 Å². The van der Waals surface area contributed by atoms with E-state index in [2.05, 4.69) is 4.98 Å². The minimum atomic E-state index is -0.759. The molecule has 1 aliphatic carbocycles. The third-order valence-corrected chi connectivity index (χ3v) is 2.66. The Morgan fingerprint density at radius 1 is 1.64 bits per heavy atom. The highest BCUT2D eigenvalue weighted by molar-refractivity contribution is 5.84. The average molecular weight is 193 g/mol. The Balaban J connectivity index is 2.37. The lowest BCUT2D eigenvalue weighted by atomic mass is 9.97. The van der Waals surface area contributed by atoms with Crippen LogP contribution in [0.25, 0.3) is 0 Å². The van der Waals surface area contributed by atoms with Crippen molar-refractivity contribution in [2.45, 2.75) is 18.3 Å². The SMILES string of the molecule is COc1cc(C2(C(=O)O)CC2)ccn1. The van der Waals surface area contributed by atoms with Gasteiger partial charge in [-0.05, 0) is 24.5 Å². The van der Waals surface area contributed by atoms with Gasteiger partial charge in [0, 0.05) is 12.3 Å². The largest absolute Gasteiger partial charge is 0.481 e. The molecule has 0 atom stereocenters. The van der Waals surface area contributed by atoms with Crippen molar-refractivity contribution in [2.75, 3.05) is 7.11 Å². The van der Waals surface area contributed by atoms with E-state index in [9.17, 15) is 4.79 Å². The molecule has 1 aromatic heterocycles. The van der Waals surface area contributed by atoms with Crippen LogP contribution in [0.15, 0.2) is 18.3 Å². The number of carboxylic acids is 1. The van der Waals surface area contributed by atoms with Crippen LogP contribution in [0.5, 0.6) is 5.88 Å². The van der Waals surface area contributed by atoms with Crippen LogP contribution in [-0.4, -0.2) is 23.2 Å². The molecule has 74 valence electrons. The van der Waals surface area contributed by atoms with Gasteiger partial charge in [0.2, 0.25) is 5.88 Å². The number of carbonyl (C=O) groups is 1. The van der Waals surface area contributed by atoms with Crippen LogP contribution in [-0.2, 0) is 10.2 Å². The summed E-state index contributed by atoms with van der Waals surface area (Å²) in [5, 5.41) is 9.06. The average Bonchev–Trinajstić information content (AvgIpc) is 2.98. The molecule has 1 N–H and O–H groups in total. The first-order chi connectivity index (χ1) is 6.69. The normalized spacial score (nSPS) is 17.5. The minimum absolute atomic E-state index is 0.468. The van der Waals surface area contributed by atoms with Gasteiger partial charge in [-0.25, -0.2) is 4.98 Å². The molecule has 1 aromatic rings. The van der Waals surface area contributed by atoms with Crippen molar-refractivity contribution in [3.05, 3.63) is 23.9 Å². The van der Waals surface area contributed by atoms with Crippen LogP contribution in [0.2, 0.25) is 0 Å². The second kappa shape index (κ2) is 2.97. The van der Waals surface area contributed by atoms with E-state index in [1.165, 1.54) is 7.11 Å². The summed E-state index contributed by atoms with van der Waals surface area (Å²) in [5.74, 6) is -0.291. The highest BCUT2D eigenvalue weighted by Gasteiger charge is 2.51. The van der Waals surface area contributed by atoms with Crippen molar-refractivity contribution in [1.29, 1.82) is 0 Å². The first kappa shape index (κ1) is 8.99. The molecule has 0 spiro atoms. The smallest absolute Gasteiger partial charge is 0.314 e. The van der Waals surface area contributed by atoms with Crippen LogP contribution in [0.3, 0.4) is 0 Å². The van der Waals surface area contributed by atoms with E-state index in [0.29, 0.717) is 18.7 Å². The van der Waals surface area contributed by atoms with Crippen LogP contribution in [0, 0.1) is 0 Å². The molecule has 1 saturated carbocycles. The van der Waals surface area contributed by atoms with Crippen molar-refractivity contribution in [1.82, 2.24) is 4.98 Å². The molecule has 0 aromatic carbocycles. The maximum Gasteiger partial charge on any atom is 0.314 e. The van der Waals surface area contributed by atoms with Gasteiger partial charge >= 0.3 is 5.97 Å². The Kier molecular flexibility index (Phi) is 1.91. The van der Waals surface area contributed by atoms with Gasteiger partial charge in [-0.2, -0.15) is 0 Å². The number of hydrogen-bond acceptors (Lipinski definition) is 3. The number of methoxy groups -OCH3 is 1. The minimum Gasteiger partial charge on any atom is -0.481 e. The van der Waals surface area contributed by atoms with E-state index in [4.69, 9.17) is 9.84 Å². The van der Waals surface area contributed by atoms with Crippen molar-refractivity contribution < 1.29 is 14.6 Å². The summed E-state index contributed by atoms with van der Waals surface area (Å²) in [4.78, 5) is 15.0. The third-order valence-electron chi connectivity index (χ3n) is 2.66. The molecule has 0 bridgehead atoms. The summed E-state index contributed by atoms with van der Waals surface area (Å²) in [6, 6.07) is 3.44. The topological polar surface area (TPSA) is 59.4 Å². The van der Waals surface area contributed by atoms with Crippen LogP contribution < -0.4 is 4.74 Å². The second-order valence-electron chi connectivity index (χ2n) is 3.47. The Hall–Kier alpha value is -1.58. The summed E-state index contributed by atoms with van der Waals surface area (Å²) in [6.45, 7) is 0. The molecular formula is C10H11NO3. The van der Waals surface area contributed by atoms with E-state index in [1.807, 2.05) is 0 Å². The Morgan fingerprint density at radius 3 is 2.86 bits per heavy atom. The number of ether oxygens (including phenoxy) is 1. The molecule has 1 heterocycles. The van der Waals surface area contributed by atoms with Gasteiger partial charge in [0.1, 0.15) is 0 Å². The van der Waals surface area contributed by atoms with E-state index in [-0.39, 0.29) is 0 Å². The molecule has 2 rings (SSSR count). The summed E-state index contributed by atoms with van der Waals surface area (Å²) in [7, 11) is 1.52. The molecule has 4 nitrogen and oxygen atoms in total. The second-order valence-corrected chi connectivity index (χ2v) is 3.47. The molecule has 0 radical (unpaired) electrons. The van der Waals surface area contributed by atoms with Gasteiger partial charge in [-0.1, -0.05) is 0 Å². The molecular weight excluding hydrogens is 182 g/mol. The van der Waals surface area contributed by atoms with Gasteiger partial charge in [0.15, 0.2) is 0 Å².